The van der Waals surface area contributed by atoms with Gasteiger partial charge in [-0.2, -0.15) is 13.2 Å². The Kier molecular flexibility index (Phi) is 3.10. The Balaban J connectivity index is 1.86. The highest BCUT2D eigenvalue weighted by atomic mass is 19.4. The Morgan fingerprint density at radius 2 is 2.04 bits per heavy atom. The van der Waals surface area contributed by atoms with E-state index in [9.17, 15) is 13.2 Å². The minimum absolute atomic E-state index is 0.0501. The molecular weight excluding hydrogens is 311 g/mol. The van der Waals surface area contributed by atoms with E-state index in [2.05, 4.69) is 20.2 Å². The van der Waals surface area contributed by atoms with Crippen LogP contribution in [0, 0.1) is 5.92 Å². The molecule has 1 aliphatic carbocycles. The quantitative estimate of drug-likeness (QED) is 0.738. The van der Waals surface area contributed by atoms with Crippen LogP contribution < -0.4 is 4.74 Å². The molecule has 23 heavy (non-hydrogen) atoms. The summed E-state index contributed by atoms with van der Waals surface area (Å²) in [5.74, 6) is -0.434. The monoisotopic (exact) mass is 323 g/mol. The number of alkyl halides is 3. The van der Waals surface area contributed by atoms with E-state index in [1.165, 1.54) is 19.0 Å². The third kappa shape index (κ3) is 2.55. The Labute approximate surface area is 128 Å². The summed E-state index contributed by atoms with van der Waals surface area (Å²) in [6.45, 7) is 0.396. The van der Waals surface area contributed by atoms with Gasteiger partial charge >= 0.3 is 6.18 Å². The number of halogens is 3. The van der Waals surface area contributed by atoms with Crippen LogP contribution in [0.15, 0.2) is 18.3 Å². The number of fused-ring (bicyclic) bond motifs is 3. The molecule has 0 unspecified atom stereocenters. The lowest BCUT2D eigenvalue weighted by Gasteiger charge is -2.09. The molecule has 0 aromatic carbocycles. The molecule has 0 bridgehead atoms. The largest absolute Gasteiger partial charge is 0.475 e. The topological polar surface area (TPSA) is 65.2 Å². The summed E-state index contributed by atoms with van der Waals surface area (Å²) in [6.07, 6.45) is -0.0269. The lowest BCUT2D eigenvalue weighted by molar-refractivity contribution is -0.145. The van der Waals surface area contributed by atoms with Crippen LogP contribution in [-0.4, -0.2) is 31.2 Å². The van der Waals surface area contributed by atoms with Crippen LogP contribution >= 0.6 is 0 Å². The zero-order valence-corrected chi connectivity index (χ0v) is 11.9. The molecule has 3 heterocycles. The summed E-state index contributed by atoms with van der Waals surface area (Å²) in [5, 5.41) is 6.87. The number of hydrogen-bond acceptors (Lipinski definition) is 5. The molecular formula is C14H12F3N5O. The molecule has 0 saturated heterocycles. The SMILES string of the molecule is FC(F)(F)c1nnc2c(OCCC3CC3)nc3cccnc3n12. The van der Waals surface area contributed by atoms with E-state index in [-0.39, 0.29) is 17.2 Å². The molecule has 0 radical (unpaired) electrons. The molecule has 0 aliphatic heterocycles. The molecule has 0 atom stereocenters. The van der Waals surface area contributed by atoms with Gasteiger partial charge < -0.3 is 4.74 Å². The summed E-state index contributed by atoms with van der Waals surface area (Å²) in [6, 6.07) is 3.18. The van der Waals surface area contributed by atoms with Crippen molar-refractivity contribution >= 4 is 16.8 Å². The highest BCUT2D eigenvalue weighted by Gasteiger charge is 2.38. The summed E-state index contributed by atoms with van der Waals surface area (Å²) in [5.41, 5.74) is 0.278. The first kappa shape index (κ1) is 14.2. The lowest BCUT2D eigenvalue weighted by Crippen LogP contribution is -2.12. The van der Waals surface area contributed by atoms with Crippen molar-refractivity contribution in [3.63, 3.8) is 0 Å². The van der Waals surface area contributed by atoms with E-state index in [4.69, 9.17) is 4.74 Å². The second-order valence-corrected chi connectivity index (χ2v) is 5.52. The molecule has 3 aromatic rings. The van der Waals surface area contributed by atoms with E-state index < -0.39 is 12.0 Å². The first-order chi connectivity index (χ1) is 11.0. The number of ether oxygens (including phenoxy) is 1. The normalized spacial score (nSPS) is 15.4. The van der Waals surface area contributed by atoms with Crippen LogP contribution in [0.5, 0.6) is 5.88 Å². The van der Waals surface area contributed by atoms with Gasteiger partial charge in [0, 0.05) is 6.20 Å². The highest BCUT2D eigenvalue weighted by Crippen LogP contribution is 2.34. The first-order valence-corrected chi connectivity index (χ1v) is 7.24. The predicted octanol–water partition coefficient (Wildman–Crippen LogP) is 2.87. The van der Waals surface area contributed by atoms with Crippen LogP contribution in [0.1, 0.15) is 25.1 Å². The molecule has 1 aliphatic rings. The molecule has 4 rings (SSSR count). The zero-order valence-electron chi connectivity index (χ0n) is 11.9. The van der Waals surface area contributed by atoms with Crippen molar-refractivity contribution in [2.75, 3.05) is 6.61 Å². The standard InChI is InChI=1S/C14H12F3N5O/c15-14(16,17)13-21-20-11-12(23-7-5-8-3-4-8)19-9-2-1-6-18-10(9)22(11)13/h1-2,6,8H,3-5,7H2. The van der Waals surface area contributed by atoms with Crippen LogP contribution in [0.2, 0.25) is 0 Å². The fraction of sp³-hybridized carbons (Fsp3) is 0.429. The molecule has 6 nitrogen and oxygen atoms in total. The van der Waals surface area contributed by atoms with Crippen molar-refractivity contribution in [1.29, 1.82) is 0 Å². The van der Waals surface area contributed by atoms with Gasteiger partial charge in [0.15, 0.2) is 5.65 Å². The van der Waals surface area contributed by atoms with Gasteiger partial charge in [-0.25, -0.2) is 14.4 Å². The number of aromatic nitrogens is 5. The first-order valence-electron chi connectivity index (χ1n) is 7.24. The van der Waals surface area contributed by atoms with E-state index in [0.29, 0.717) is 18.0 Å². The van der Waals surface area contributed by atoms with Crippen molar-refractivity contribution in [2.24, 2.45) is 5.92 Å². The molecule has 9 heteroatoms. The van der Waals surface area contributed by atoms with Gasteiger partial charge in [-0.3, -0.25) is 0 Å². The van der Waals surface area contributed by atoms with Gasteiger partial charge in [-0.05, 0) is 24.5 Å². The van der Waals surface area contributed by atoms with E-state index >= 15 is 0 Å². The van der Waals surface area contributed by atoms with Crippen LogP contribution in [-0.2, 0) is 6.18 Å². The number of hydrogen-bond donors (Lipinski definition) is 0. The van der Waals surface area contributed by atoms with E-state index in [0.717, 1.165) is 10.8 Å². The van der Waals surface area contributed by atoms with Gasteiger partial charge in [0.2, 0.25) is 11.5 Å². The van der Waals surface area contributed by atoms with Crippen molar-refractivity contribution < 1.29 is 17.9 Å². The zero-order chi connectivity index (χ0) is 16.0. The Morgan fingerprint density at radius 1 is 1.22 bits per heavy atom. The minimum Gasteiger partial charge on any atom is -0.475 e. The molecule has 0 amide bonds. The van der Waals surface area contributed by atoms with Gasteiger partial charge in [0.25, 0.3) is 5.88 Å². The fourth-order valence-corrected chi connectivity index (χ4v) is 2.44. The van der Waals surface area contributed by atoms with Crippen LogP contribution in [0.3, 0.4) is 0 Å². The molecule has 0 N–H and O–H groups in total. The second kappa shape index (κ2) is 5.04. The van der Waals surface area contributed by atoms with Crippen molar-refractivity contribution in [3.8, 4) is 5.88 Å². The maximum absolute atomic E-state index is 13.2. The second-order valence-electron chi connectivity index (χ2n) is 5.52. The molecule has 3 aromatic heterocycles. The highest BCUT2D eigenvalue weighted by molar-refractivity contribution is 5.76. The van der Waals surface area contributed by atoms with Crippen LogP contribution in [0.4, 0.5) is 13.2 Å². The third-order valence-corrected chi connectivity index (χ3v) is 3.77. The summed E-state index contributed by atoms with van der Waals surface area (Å²) in [4.78, 5) is 8.22. The Bertz CT molecular complexity index is 872. The van der Waals surface area contributed by atoms with Gasteiger partial charge in [0.1, 0.15) is 5.52 Å². The maximum Gasteiger partial charge on any atom is 0.452 e. The smallest absolute Gasteiger partial charge is 0.452 e. The number of rotatable bonds is 4. The van der Waals surface area contributed by atoms with Gasteiger partial charge in [-0.15, -0.1) is 10.2 Å². The number of nitrogens with zero attached hydrogens (tertiary/aromatic N) is 5. The average molecular weight is 323 g/mol. The van der Waals surface area contributed by atoms with Crippen molar-refractivity contribution in [2.45, 2.75) is 25.4 Å². The molecule has 1 fully saturated rings. The van der Waals surface area contributed by atoms with Gasteiger partial charge in [-0.1, -0.05) is 12.8 Å². The molecule has 0 spiro atoms. The summed E-state index contributed by atoms with van der Waals surface area (Å²) < 4.78 is 45.9. The maximum atomic E-state index is 13.2. The summed E-state index contributed by atoms with van der Waals surface area (Å²) >= 11 is 0. The fourth-order valence-electron chi connectivity index (χ4n) is 2.44. The Hall–Kier alpha value is -2.45. The van der Waals surface area contributed by atoms with Crippen molar-refractivity contribution in [3.05, 3.63) is 24.2 Å². The third-order valence-electron chi connectivity index (χ3n) is 3.77. The number of pyridine rings is 1. The van der Waals surface area contributed by atoms with Crippen molar-refractivity contribution in [1.82, 2.24) is 24.6 Å². The predicted molar refractivity (Wildman–Crippen MR) is 73.9 cm³/mol. The Morgan fingerprint density at radius 3 is 2.78 bits per heavy atom. The average Bonchev–Trinajstić information content (AvgIpc) is 3.21. The van der Waals surface area contributed by atoms with Gasteiger partial charge in [0.05, 0.1) is 6.61 Å². The minimum atomic E-state index is -4.64. The molecule has 120 valence electrons. The summed E-state index contributed by atoms with van der Waals surface area (Å²) in [7, 11) is 0. The lowest BCUT2D eigenvalue weighted by atomic mass is 10.3. The molecule has 1 saturated carbocycles. The van der Waals surface area contributed by atoms with Crippen LogP contribution in [0.25, 0.3) is 16.8 Å². The van der Waals surface area contributed by atoms with E-state index in [1.54, 1.807) is 12.1 Å². The van der Waals surface area contributed by atoms with E-state index in [1.807, 2.05) is 0 Å².